The number of carboxylic acids is 1. The van der Waals surface area contributed by atoms with E-state index in [0.29, 0.717) is 24.9 Å². The second kappa shape index (κ2) is 8.90. The van der Waals surface area contributed by atoms with E-state index in [2.05, 4.69) is 5.32 Å². The first kappa shape index (κ1) is 17.8. The number of benzene rings is 1. The molecule has 7 nitrogen and oxygen atoms in total. The number of carbonyl (C=O) groups excluding carboxylic acids is 2. The van der Waals surface area contributed by atoms with Crippen molar-refractivity contribution in [2.75, 3.05) is 13.3 Å². The number of hydrogen-bond acceptors (Lipinski definition) is 5. The van der Waals surface area contributed by atoms with E-state index in [4.69, 9.17) is 14.6 Å². The molecule has 24 heavy (non-hydrogen) atoms. The van der Waals surface area contributed by atoms with Crippen LogP contribution in [0.4, 0.5) is 4.79 Å². The van der Waals surface area contributed by atoms with Gasteiger partial charge in [0.25, 0.3) is 0 Å². The van der Waals surface area contributed by atoms with Crippen molar-refractivity contribution >= 4 is 18.0 Å². The summed E-state index contributed by atoms with van der Waals surface area (Å²) in [5, 5.41) is 11.5. The molecule has 0 bridgehead atoms. The Morgan fingerprint density at radius 3 is 2.33 bits per heavy atom. The third-order valence-corrected chi connectivity index (χ3v) is 4.12. The summed E-state index contributed by atoms with van der Waals surface area (Å²) in [5.41, 5.74) is 0.386. The highest BCUT2D eigenvalue weighted by atomic mass is 16.7. The number of ether oxygens (including phenoxy) is 2. The van der Waals surface area contributed by atoms with Crippen LogP contribution in [0.15, 0.2) is 30.3 Å². The van der Waals surface area contributed by atoms with Crippen molar-refractivity contribution in [3.63, 3.8) is 0 Å². The fourth-order valence-corrected chi connectivity index (χ4v) is 2.69. The summed E-state index contributed by atoms with van der Waals surface area (Å²) in [6.45, 7) is -0.0247. The molecule has 1 aliphatic rings. The third-order valence-electron chi connectivity index (χ3n) is 4.12. The summed E-state index contributed by atoms with van der Waals surface area (Å²) in [5.74, 6) is -1.33. The molecule has 1 aliphatic carbocycles. The van der Waals surface area contributed by atoms with E-state index in [-0.39, 0.29) is 11.8 Å². The van der Waals surface area contributed by atoms with Gasteiger partial charge >= 0.3 is 18.0 Å². The Kier molecular flexibility index (Phi) is 6.60. The standard InChI is InChI=1S/C17H21NO6/c19-15(20)13-8-6-12(7-9-13)10-18-17(22)24-11-23-16(21)14-4-2-1-3-5-14/h1-5,12-13H,6-11H2,(H,18,22)(H,19,20). The van der Waals surface area contributed by atoms with Crippen molar-refractivity contribution in [2.24, 2.45) is 11.8 Å². The van der Waals surface area contributed by atoms with Crippen LogP contribution in [-0.2, 0) is 14.3 Å². The van der Waals surface area contributed by atoms with Gasteiger partial charge < -0.3 is 19.9 Å². The average Bonchev–Trinajstić information content (AvgIpc) is 2.61. The number of nitrogens with one attached hydrogen (secondary N) is 1. The highest BCUT2D eigenvalue weighted by Gasteiger charge is 2.26. The summed E-state index contributed by atoms with van der Waals surface area (Å²) in [7, 11) is 0. The molecule has 0 unspecified atom stereocenters. The van der Waals surface area contributed by atoms with Gasteiger partial charge in [0.05, 0.1) is 11.5 Å². The van der Waals surface area contributed by atoms with Gasteiger partial charge in [-0.15, -0.1) is 0 Å². The zero-order chi connectivity index (χ0) is 17.4. The molecule has 0 aliphatic heterocycles. The Bertz CT molecular complexity index is 566. The molecule has 2 rings (SSSR count). The van der Waals surface area contributed by atoms with Crippen molar-refractivity contribution in [3.05, 3.63) is 35.9 Å². The van der Waals surface area contributed by atoms with E-state index in [9.17, 15) is 14.4 Å². The Hall–Kier alpha value is -2.57. The lowest BCUT2D eigenvalue weighted by molar-refractivity contribution is -0.143. The maximum atomic E-state index is 11.6. The minimum absolute atomic E-state index is 0.250. The number of alkyl carbamates (subject to hydrolysis) is 1. The minimum atomic E-state index is -0.749. The molecule has 0 radical (unpaired) electrons. The van der Waals surface area contributed by atoms with Gasteiger partial charge in [-0.1, -0.05) is 18.2 Å². The van der Waals surface area contributed by atoms with E-state index < -0.39 is 24.8 Å². The number of hydrogen-bond donors (Lipinski definition) is 2. The first-order valence-corrected chi connectivity index (χ1v) is 7.92. The molecule has 1 aromatic carbocycles. The number of carbonyl (C=O) groups is 3. The Labute approximate surface area is 139 Å². The van der Waals surface area contributed by atoms with Crippen LogP contribution < -0.4 is 5.32 Å². The summed E-state index contributed by atoms with van der Waals surface area (Å²) >= 11 is 0. The maximum Gasteiger partial charge on any atom is 0.410 e. The van der Waals surface area contributed by atoms with Crippen LogP contribution in [0.5, 0.6) is 0 Å². The van der Waals surface area contributed by atoms with E-state index in [0.717, 1.165) is 12.8 Å². The molecule has 2 N–H and O–H groups in total. The fraction of sp³-hybridized carbons (Fsp3) is 0.471. The first-order valence-electron chi connectivity index (χ1n) is 7.92. The van der Waals surface area contributed by atoms with E-state index in [1.807, 2.05) is 0 Å². The van der Waals surface area contributed by atoms with Crippen molar-refractivity contribution in [1.82, 2.24) is 5.32 Å². The number of esters is 1. The van der Waals surface area contributed by atoms with Gasteiger partial charge in [-0.05, 0) is 43.7 Å². The number of carboxylic acid groups (broad SMARTS) is 1. The molecular formula is C17H21NO6. The molecule has 1 fully saturated rings. The predicted octanol–water partition coefficient (Wildman–Crippen LogP) is 2.42. The Balaban J connectivity index is 1.59. The average molecular weight is 335 g/mol. The van der Waals surface area contributed by atoms with Crippen LogP contribution in [0.25, 0.3) is 0 Å². The topological polar surface area (TPSA) is 102 Å². The number of rotatable bonds is 6. The molecule has 0 atom stereocenters. The van der Waals surface area contributed by atoms with Crippen molar-refractivity contribution in [2.45, 2.75) is 25.7 Å². The van der Waals surface area contributed by atoms with Crippen LogP contribution >= 0.6 is 0 Å². The molecule has 0 spiro atoms. The van der Waals surface area contributed by atoms with Gasteiger partial charge in [0.15, 0.2) is 0 Å². The Morgan fingerprint density at radius 2 is 1.71 bits per heavy atom. The molecule has 1 saturated carbocycles. The van der Waals surface area contributed by atoms with Crippen LogP contribution in [-0.4, -0.2) is 36.5 Å². The normalized spacial score (nSPS) is 20.0. The molecule has 1 amide bonds. The lowest BCUT2D eigenvalue weighted by Gasteiger charge is -2.25. The monoisotopic (exact) mass is 335 g/mol. The Morgan fingerprint density at radius 1 is 1.04 bits per heavy atom. The molecule has 0 heterocycles. The third kappa shape index (κ3) is 5.57. The first-order chi connectivity index (χ1) is 11.6. The molecule has 1 aromatic rings. The van der Waals surface area contributed by atoms with Crippen LogP contribution in [0.2, 0.25) is 0 Å². The van der Waals surface area contributed by atoms with E-state index in [1.54, 1.807) is 30.3 Å². The minimum Gasteiger partial charge on any atom is -0.481 e. The van der Waals surface area contributed by atoms with Gasteiger partial charge in [-0.3, -0.25) is 4.79 Å². The zero-order valence-electron chi connectivity index (χ0n) is 13.3. The van der Waals surface area contributed by atoms with Crippen molar-refractivity contribution < 1.29 is 29.0 Å². The van der Waals surface area contributed by atoms with Gasteiger partial charge in [-0.2, -0.15) is 0 Å². The smallest absolute Gasteiger partial charge is 0.410 e. The SMILES string of the molecule is O=C(NCC1CCC(C(=O)O)CC1)OCOC(=O)c1ccccc1. The van der Waals surface area contributed by atoms with Crippen LogP contribution in [0.3, 0.4) is 0 Å². The molecular weight excluding hydrogens is 314 g/mol. The largest absolute Gasteiger partial charge is 0.481 e. The lowest BCUT2D eigenvalue weighted by Crippen LogP contribution is -2.33. The van der Waals surface area contributed by atoms with Gasteiger partial charge in [0.2, 0.25) is 6.79 Å². The summed E-state index contributed by atoms with van der Waals surface area (Å²) in [4.78, 5) is 34.1. The number of amides is 1. The summed E-state index contributed by atoms with van der Waals surface area (Å²) in [6, 6.07) is 8.42. The van der Waals surface area contributed by atoms with Gasteiger partial charge in [-0.25, -0.2) is 9.59 Å². The molecule has 7 heteroatoms. The number of aliphatic carboxylic acids is 1. The van der Waals surface area contributed by atoms with Gasteiger partial charge in [0, 0.05) is 6.54 Å². The van der Waals surface area contributed by atoms with E-state index >= 15 is 0 Å². The highest BCUT2D eigenvalue weighted by molar-refractivity contribution is 5.89. The quantitative estimate of drug-likeness (QED) is 0.611. The van der Waals surface area contributed by atoms with Crippen LogP contribution in [0.1, 0.15) is 36.0 Å². The second-order valence-electron chi connectivity index (χ2n) is 5.78. The zero-order valence-corrected chi connectivity index (χ0v) is 13.3. The fourth-order valence-electron chi connectivity index (χ4n) is 2.69. The second-order valence-corrected chi connectivity index (χ2v) is 5.78. The van der Waals surface area contributed by atoms with E-state index in [1.165, 1.54) is 0 Å². The molecule has 0 aromatic heterocycles. The van der Waals surface area contributed by atoms with Crippen LogP contribution in [0, 0.1) is 11.8 Å². The van der Waals surface area contributed by atoms with Gasteiger partial charge in [0.1, 0.15) is 0 Å². The summed E-state index contributed by atoms with van der Waals surface area (Å²) < 4.78 is 9.64. The van der Waals surface area contributed by atoms with Crippen molar-refractivity contribution in [1.29, 1.82) is 0 Å². The lowest BCUT2D eigenvalue weighted by atomic mass is 9.82. The summed E-state index contributed by atoms with van der Waals surface area (Å²) in [6.07, 6.45) is 2.13. The van der Waals surface area contributed by atoms with Crippen molar-refractivity contribution in [3.8, 4) is 0 Å². The molecule has 0 saturated heterocycles. The predicted molar refractivity (Wildman–Crippen MR) is 84.3 cm³/mol. The molecule has 130 valence electrons. The maximum absolute atomic E-state index is 11.6. The highest BCUT2D eigenvalue weighted by Crippen LogP contribution is 2.28.